The molecule has 14 heteroatoms. The first kappa shape index (κ1) is 26.8. The maximum Gasteiger partial charge on any atom is 0.417 e. The van der Waals surface area contributed by atoms with E-state index in [2.05, 4.69) is 30.5 Å². The zero-order chi connectivity index (χ0) is 26.7. The second-order valence-electron chi connectivity index (χ2n) is 8.47. The number of anilines is 2. The van der Waals surface area contributed by atoms with Crippen molar-refractivity contribution in [1.82, 2.24) is 25.2 Å². The van der Waals surface area contributed by atoms with Crippen molar-refractivity contribution < 1.29 is 22.8 Å². The van der Waals surface area contributed by atoms with Gasteiger partial charge < -0.3 is 16.4 Å². The van der Waals surface area contributed by atoms with Crippen LogP contribution in [0, 0.1) is 0 Å². The van der Waals surface area contributed by atoms with Crippen molar-refractivity contribution in [2.75, 3.05) is 24.1 Å². The summed E-state index contributed by atoms with van der Waals surface area (Å²) >= 11 is 6.63. The predicted octanol–water partition coefficient (Wildman–Crippen LogP) is 4.53. The van der Waals surface area contributed by atoms with Gasteiger partial charge >= 0.3 is 6.18 Å². The molecule has 196 valence electrons. The smallest absolute Gasteiger partial charge is 0.383 e. The third-order valence-electron chi connectivity index (χ3n) is 5.77. The van der Waals surface area contributed by atoms with E-state index in [0.29, 0.717) is 17.1 Å². The van der Waals surface area contributed by atoms with Gasteiger partial charge in [-0.25, -0.2) is 15.0 Å². The van der Waals surface area contributed by atoms with Gasteiger partial charge in [0.15, 0.2) is 0 Å². The van der Waals surface area contributed by atoms with E-state index < -0.39 is 34.6 Å². The molecule has 3 aromatic rings. The molecular formula is C23H23ClF3N7O2S. The van der Waals surface area contributed by atoms with E-state index in [0.717, 1.165) is 49.4 Å². The Balaban J connectivity index is 1.44. The summed E-state index contributed by atoms with van der Waals surface area (Å²) in [6, 6.07) is 2.52. The first-order valence-electron chi connectivity index (χ1n) is 11.3. The number of benzene rings is 1. The fourth-order valence-electron chi connectivity index (χ4n) is 3.87. The summed E-state index contributed by atoms with van der Waals surface area (Å²) in [5, 5.41) is 5.18. The molecule has 0 spiro atoms. The molecule has 1 fully saturated rings. The molecule has 1 atom stereocenters. The third kappa shape index (κ3) is 6.35. The van der Waals surface area contributed by atoms with Gasteiger partial charge in [-0.1, -0.05) is 11.6 Å². The number of thiazole rings is 1. The Morgan fingerprint density at radius 1 is 1.19 bits per heavy atom. The van der Waals surface area contributed by atoms with Crippen molar-refractivity contribution in [3.63, 3.8) is 0 Å². The topological polar surface area (TPSA) is 126 Å². The minimum absolute atomic E-state index is 0.0649. The van der Waals surface area contributed by atoms with Crippen LogP contribution in [0.1, 0.15) is 62.1 Å². The Hall–Kier alpha value is -3.29. The number of rotatable bonds is 7. The molecule has 1 aliphatic rings. The highest BCUT2D eigenvalue weighted by Gasteiger charge is 2.33. The van der Waals surface area contributed by atoms with Gasteiger partial charge in [0, 0.05) is 17.8 Å². The standard InChI is InChI=1S/C23H23ClF3N7O2S/c1-12(32-21(36)18-14(19(28)31-11-30-18)10-34-6-2-3-7-34)22-29-9-17(37-22)20(35)33-13-4-5-16(24)15(8-13)23(25,26)27/h4-5,8-9,11-12H,2-3,6-7,10H2,1H3,(H,32,36)(H,33,35)(H2,28,30,31)/t12-/m1/s1. The van der Waals surface area contributed by atoms with E-state index in [9.17, 15) is 22.8 Å². The van der Waals surface area contributed by atoms with E-state index in [1.165, 1.54) is 18.6 Å². The van der Waals surface area contributed by atoms with Crippen LogP contribution < -0.4 is 16.4 Å². The molecule has 0 bridgehead atoms. The summed E-state index contributed by atoms with van der Waals surface area (Å²) in [5.74, 6) is -0.865. The third-order valence-corrected chi connectivity index (χ3v) is 7.28. The number of nitrogens with two attached hydrogens (primary N) is 1. The molecule has 1 saturated heterocycles. The highest BCUT2D eigenvalue weighted by atomic mass is 35.5. The first-order valence-corrected chi connectivity index (χ1v) is 12.5. The number of amides is 2. The van der Waals surface area contributed by atoms with Crippen molar-refractivity contribution in [2.24, 2.45) is 0 Å². The number of hydrogen-bond acceptors (Lipinski definition) is 8. The maximum absolute atomic E-state index is 13.1. The van der Waals surface area contributed by atoms with Crippen LogP contribution in [0.2, 0.25) is 5.02 Å². The highest BCUT2D eigenvalue weighted by molar-refractivity contribution is 7.13. The number of likely N-dealkylation sites (tertiary alicyclic amines) is 1. The molecule has 2 amide bonds. The highest BCUT2D eigenvalue weighted by Crippen LogP contribution is 2.36. The largest absolute Gasteiger partial charge is 0.417 e. The summed E-state index contributed by atoms with van der Waals surface area (Å²) < 4.78 is 39.3. The molecule has 0 saturated carbocycles. The molecule has 3 heterocycles. The second kappa shape index (κ2) is 11.0. The molecular weight excluding hydrogens is 531 g/mol. The lowest BCUT2D eigenvalue weighted by atomic mass is 10.1. The van der Waals surface area contributed by atoms with Crippen LogP contribution in [-0.4, -0.2) is 44.8 Å². The summed E-state index contributed by atoms with van der Waals surface area (Å²) in [6.07, 6.45) is 0.0162. The van der Waals surface area contributed by atoms with Crippen molar-refractivity contribution in [1.29, 1.82) is 0 Å². The molecule has 1 aromatic carbocycles. The lowest BCUT2D eigenvalue weighted by Gasteiger charge is -2.18. The summed E-state index contributed by atoms with van der Waals surface area (Å²) in [4.78, 5) is 40.3. The molecule has 0 radical (unpaired) electrons. The van der Waals surface area contributed by atoms with Gasteiger partial charge in [0.05, 0.1) is 22.8 Å². The molecule has 2 aromatic heterocycles. The van der Waals surface area contributed by atoms with Crippen molar-refractivity contribution in [3.05, 3.63) is 62.5 Å². The Labute approximate surface area is 219 Å². The molecule has 0 aliphatic carbocycles. The lowest BCUT2D eigenvalue weighted by molar-refractivity contribution is -0.137. The van der Waals surface area contributed by atoms with Crippen LogP contribution in [0.15, 0.2) is 30.7 Å². The predicted molar refractivity (Wildman–Crippen MR) is 133 cm³/mol. The number of nitrogens with zero attached hydrogens (tertiary/aromatic N) is 4. The Morgan fingerprint density at radius 3 is 2.62 bits per heavy atom. The van der Waals surface area contributed by atoms with Crippen LogP contribution in [-0.2, 0) is 12.7 Å². The van der Waals surface area contributed by atoms with Crippen LogP contribution in [0.3, 0.4) is 0 Å². The van der Waals surface area contributed by atoms with Gasteiger partial charge in [-0.2, -0.15) is 13.2 Å². The van der Waals surface area contributed by atoms with E-state index >= 15 is 0 Å². The number of hydrogen-bond donors (Lipinski definition) is 3. The van der Waals surface area contributed by atoms with Crippen LogP contribution >= 0.6 is 22.9 Å². The summed E-state index contributed by atoms with van der Waals surface area (Å²) in [7, 11) is 0. The molecule has 4 rings (SSSR count). The Bertz CT molecular complexity index is 1310. The van der Waals surface area contributed by atoms with Crippen molar-refractivity contribution in [2.45, 2.75) is 38.5 Å². The van der Waals surface area contributed by atoms with Crippen LogP contribution in [0.4, 0.5) is 24.7 Å². The van der Waals surface area contributed by atoms with Gasteiger partial charge in [-0.05, 0) is 51.1 Å². The maximum atomic E-state index is 13.1. The molecule has 37 heavy (non-hydrogen) atoms. The summed E-state index contributed by atoms with van der Waals surface area (Å²) in [6.45, 7) is 3.97. The van der Waals surface area contributed by atoms with E-state index in [4.69, 9.17) is 17.3 Å². The number of aromatic nitrogens is 3. The first-order chi connectivity index (χ1) is 17.5. The Kier molecular flexibility index (Phi) is 7.95. The number of halogens is 4. The average Bonchev–Trinajstić information content (AvgIpc) is 3.53. The fraction of sp³-hybridized carbons (Fsp3) is 0.348. The lowest BCUT2D eigenvalue weighted by Crippen LogP contribution is -2.30. The van der Waals surface area contributed by atoms with E-state index in [1.54, 1.807) is 6.92 Å². The normalized spacial score (nSPS) is 14.9. The van der Waals surface area contributed by atoms with Gasteiger partial charge in [0.1, 0.15) is 27.7 Å². The molecule has 1 aliphatic heterocycles. The zero-order valence-corrected chi connectivity index (χ0v) is 21.2. The van der Waals surface area contributed by atoms with Gasteiger partial charge in [-0.3, -0.25) is 14.5 Å². The second-order valence-corrected chi connectivity index (χ2v) is 9.94. The van der Waals surface area contributed by atoms with E-state index in [-0.39, 0.29) is 22.1 Å². The average molecular weight is 554 g/mol. The number of carbonyl (C=O) groups excluding carboxylic acids is 2. The quantitative estimate of drug-likeness (QED) is 0.392. The van der Waals surface area contributed by atoms with Crippen LogP contribution in [0.25, 0.3) is 0 Å². The SMILES string of the molecule is C[C@@H](NC(=O)c1ncnc(N)c1CN1CCCC1)c1ncc(C(=O)Nc2ccc(Cl)c(C(F)(F)F)c2)s1. The monoisotopic (exact) mass is 553 g/mol. The molecule has 4 N–H and O–H groups in total. The van der Waals surface area contributed by atoms with Crippen molar-refractivity contribution >= 4 is 46.3 Å². The molecule has 0 unspecified atom stereocenters. The number of alkyl halides is 3. The van der Waals surface area contributed by atoms with Gasteiger partial charge in [0.25, 0.3) is 11.8 Å². The fourth-order valence-corrected chi connectivity index (χ4v) is 4.91. The van der Waals surface area contributed by atoms with Gasteiger partial charge in [-0.15, -0.1) is 11.3 Å². The number of carbonyl (C=O) groups is 2. The zero-order valence-electron chi connectivity index (χ0n) is 19.6. The molecule has 9 nitrogen and oxygen atoms in total. The van der Waals surface area contributed by atoms with E-state index in [1.807, 2.05) is 0 Å². The number of nitrogen functional groups attached to an aromatic ring is 1. The van der Waals surface area contributed by atoms with Crippen LogP contribution in [0.5, 0.6) is 0 Å². The number of nitrogens with one attached hydrogen (secondary N) is 2. The summed E-state index contributed by atoms with van der Waals surface area (Å²) in [5.41, 5.74) is 5.64. The minimum Gasteiger partial charge on any atom is -0.383 e. The Morgan fingerprint density at radius 2 is 1.92 bits per heavy atom. The van der Waals surface area contributed by atoms with Crippen molar-refractivity contribution in [3.8, 4) is 0 Å². The van der Waals surface area contributed by atoms with Gasteiger partial charge in [0.2, 0.25) is 0 Å². The minimum atomic E-state index is -4.66.